The van der Waals surface area contributed by atoms with Gasteiger partial charge in [-0.05, 0) is 45.0 Å². The van der Waals surface area contributed by atoms with E-state index < -0.39 is 0 Å². The van der Waals surface area contributed by atoms with Gasteiger partial charge in [-0.15, -0.1) is 0 Å². The predicted molar refractivity (Wildman–Crippen MR) is 85.6 cm³/mol. The first-order valence-corrected chi connectivity index (χ1v) is 7.55. The highest BCUT2D eigenvalue weighted by atomic mass is 16.5. The Kier molecular flexibility index (Phi) is 4.47. The number of hydrogen-bond acceptors (Lipinski definition) is 6. The third-order valence-corrected chi connectivity index (χ3v) is 3.82. The molecule has 0 radical (unpaired) electrons. The number of rotatable bonds is 6. The van der Waals surface area contributed by atoms with E-state index in [1.54, 1.807) is 12.4 Å². The summed E-state index contributed by atoms with van der Waals surface area (Å²) in [5.74, 6) is 1.18. The number of nitrogens with one attached hydrogen (secondary N) is 1. The molecule has 7 nitrogen and oxygen atoms in total. The number of H-pyrrole nitrogens is 1. The molecule has 0 spiro atoms. The van der Waals surface area contributed by atoms with Crippen molar-refractivity contribution in [1.82, 2.24) is 30.2 Å². The van der Waals surface area contributed by atoms with Gasteiger partial charge in [0.05, 0.1) is 12.2 Å². The van der Waals surface area contributed by atoms with Crippen molar-refractivity contribution in [2.75, 3.05) is 13.6 Å². The van der Waals surface area contributed by atoms with E-state index in [9.17, 15) is 0 Å². The van der Waals surface area contributed by atoms with E-state index in [4.69, 9.17) is 4.52 Å². The minimum Gasteiger partial charge on any atom is -0.338 e. The average molecular weight is 312 g/mol. The predicted octanol–water partition coefficient (Wildman–Crippen LogP) is 2.15. The molecule has 120 valence electrons. The van der Waals surface area contributed by atoms with E-state index in [0.29, 0.717) is 18.3 Å². The third kappa shape index (κ3) is 3.62. The van der Waals surface area contributed by atoms with E-state index in [-0.39, 0.29) is 0 Å². The molecule has 1 N–H and O–H groups in total. The Morgan fingerprint density at radius 1 is 1.30 bits per heavy atom. The Morgan fingerprint density at radius 3 is 2.87 bits per heavy atom. The summed E-state index contributed by atoms with van der Waals surface area (Å²) in [4.78, 5) is 10.6. The minimum atomic E-state index is 0.572. The highest BCUT2D eigenvalue weighted by Crippen LogP contribution is 2.15. The quantitative estimate of drug-likeness (QED) is 0.751. The van der Waals surface area contributed by atoms with Crippen molar-refractivity contribution >= 4 is 0 Å². The van der Waals surface area contributed by atoms with Crippen LogP contribution < -0.4 is 0 Å². The summed E-state index contributed by atoms with van der Waals surface area (Å²) in [6.07, 6.45) is 4.38. The van der Waals surface area contributed by atoms with Crippen LogP contribution in [-0.4, -0.2) is 43.8 Å². The van der Waals surface area contributed by atoms with Gasteiger partial charge in [0.1, 0.15) is 0 Å². The van der Waals surface area contributed by atoms with Gasteiger partial charge >= 0.3 is 0 Å². The summed E-state index contributed by atoms with van der Waals surface area (Å²) >= 11 is 0. The molecule has 0 unspecified atom stereocenters. The van der Waals surface area contributed by atoms with Crippen molar-refractivity contribution in [2.45, 2.75) is 26.8 Å². The van der Waals surface area contributed by atoms with Gasteiger partial charge in [-0.3, -0.25) is 15.0 Å². The van der Waals surface area contributed by atoms with Crippen molar-refractivity contribution in [3.63, 3.8) is 0 Å². The van der Waals surface area contributed by atoms with Crippen molar-refractivity contribution in [2.24, 2.45) is 0 Å². The second-order valence-electron chi connectivity index (χ2n) is 5.65. The van der Waals surface area contributed by atoms with Crippen molar-refractivity contribution < 1.29 is 4.52 Å². The maximum absolute atomic E-state index is 5.33. The first-order chi connectivity index (χ1) is 11.1. The maximum atomic E-state index is 5.33. The Labute approximate surface area is 134 Å². The number of nitrogens with zero attached hydrogens (tertiary/aromatic N) is 5. The monoisotopic (exact) mass is 312 g/mol. The van der Waals surface area contributed by atoms with E-state index >= 15 is 0 Å². The van der Waals surface area contributed by atoms with Gasteiger partial charge in [0.25, 0.3) is 0 Å². The molecule has 0 atom stereocenters. The van der Waals surface area contributed by atoms with Crippen molar-refractivity contribution in [3.05, 3.63) is 47.4 Å². The van der Waals surface area contributed by atoms with Crippen molar-refractivity contribution in [1.29, 1.82) is 0 Å². The molecule has 0 saturated heterocycles. The zero-order valence-electron chi connectivity index (χ0n) is 13.6. The first kappa shape index (κ1) is 15.4. The average Bonchev–Trinajstić information content (AvgIpc) is 3.14. The molecule has 0 aliphatic rings. The van der Waals surface area contributed by atoms with Crippen LogP contribution in [-0.2, 0) is 13.0 Å². The van der Waals surface area contributed by atoms with E-state index in [2.05, 4.69) is 30.2 Å². The molecule has 0 fully saturated rings. The summed E-state index contributed by atoms with van der Waals surface area (Å²) in [7, 11) is 2.04. The highest BCUT2D eigenvalue weighted by Gasteiger charge is 2.12. The van der Waals surface area contributed by atoms with Crippen LogP contribution in [0, 0.1) is 13.8 Å². The molecule has 3 aromatic heterocycles. The number of aromatic amines is 1. The number of likely N-dealkylation sites (N-methyl/N-ethyl adjacent to an activating group) is 1. The molecule has 0 aliphatic carbocycles. The lowest BCUT2D eigenvalue weighted by atomic mass is 10.1. The van der Waals surface area contributed by atoms with Crippen LogP contribution in [0.15, 0.2) is 29.0 Å². The second kappa shape index (κ2) is 6.70. The highest BCUT2D eigenvalue weighted by molar-refractivity contribution is 5.51. The summed E-state index contributed by atoms with van der Waals surface area (Å²) in [5, 5.41) is 11.3. The van der Waals surface area contributed by atoms with Crippen LogP contribution in [0.2, 0.25) is 0 Å². The lowest BCUT2D eigenvalue weighted by molar-refractivity contribution is 0.269. The number of aromatic nitrogens is 5. The van der Waals surface area contributed by atoms with Gasteiger partial charge in [-0.1, -0.05) is 5.16 Å². The minimum absolute atomic E-state index is 0.572. The van der Waals surface area contributed by atoms with Gasteiger partial charge in [0.2, 0.25) is 11.7 Å². The molecule has 0 aromatic carbocycles. The molecule has 3 rings (SSSR count). The zero-order valence-corrected chi connectivity index (χ0v) is 13.6. The summed E-state index contributed by atoms with van der Waals surface area (Å²) < 4.78 is 5.33. The van der Waals surface area contributed by atoms with Crippen LogP contribution in [0.4, 0.5) is 0 Å². The SMILES string of the molecule is Cc1n[nH]c(C)c1CCN(C)Cc1nc(-c2cccnc2)no1. The molecular formula is C16H20N6O. The normalized spacial score (nSPS) is 11.3. The molecule has 23 heavy (non-hydrogen) atoms. The fourth-order valence-corrected chi connectivity index (χ4v) is 2.49. The third-order valence-electron chi connectivity index (χ3n) is 3.82. The van der Waals surface area contributed by atoms with Crippen LogP contribution in [0.25, 0.3) is 11.4 Å². The Hall–Kier alpha value is -2.54. The molecule has 0 amide bonds. The van der Waals surface area contributed by atoms with E-state index in [0.717, 1.165) is 29.9 Å². The number of hydrogen-bond donors (Lipinski definition) is 1. The van der Waals surface area contributed by atoms with Gasteiger partial charge in [0.15, 0.2) is 0 Å². The molecule has 0 aliphatic heterocycles. The fraction of sp³-hybridized carbons (Fsp3) is 0.375. The van der Waals surface area contributed by atoms with Gasteiger partial charge < -0.3 is 4.52 Å². The molecular weight excluding hydrogens is 292 g/mol. The van der Waals surface area contributed by atoms with E-state index in [1.807, 2.05) is 33.0 Å². The molecule has 7 heteroatoms. The van der Waals surface area contributed by atoms with Crippen LogP contribution >= 0.6 is 0 Å². The summed E-state index contributed by atoms with van der Waals surface area (Å²) in [6, 6.07) is 3.77. The maximum Gasteiger partial charge on any atom is 0.241 e. The number of pyridine rings is 1. The van der Waals surface area contributed by atoms with Crippen LogP contribution in [0.5, 0.6) is 0 Å². The van der Waals surface area contributed by atoms with Gasteiger partial charge in [-0.25, -0.2) is 0 Å². The Morgan fingerprint density at radius 2 is 2.17 bits per heavy atom. The standard InChI is InChI=1S/C16H20N6O/c1-11-14(12(2)20-19-11)6-8-22(3)10-15-18-16(21-23-15)13-5-4-7-17-9-13/h4-5,7,9H,6,8,10H2,1-3H3,(H,19,20). The topological polar surface area (TPSA) is 83.7 Å². The lowest BCUT2D eigenvalue weighted by Gasteiger charge is -2.13. The Balaban J connectivity index is 1.58. The molecule has 3 aromatic rings. The molecule has 0 saturated carbocycles. The largest absolute Gasteiger partial charge is 0.338 e. The molecule has 0 bridgehead atoms. The second-order valence-corrected chi connectivity index (χ2v) is 5.65. The van der Waals surface area contributed by atoms with Crippen LogP contribution in [0.1, 0.15) is 22.8 Å². The smallest absolute Gasteiger partial charge is 0.241 e. The zero-order chi connectivity index (χ0) is 16.2. The first-order valence-electron chi connectivity index (χ1n) is 7.55. The lowest BCUT2D eigenvalue weighted by Crippen LogP contribution is -2.21. The fourth-order valence-electron chi connectivity index (χ4n) is 2.49. The summed E-state index contributed by atoms with van der Waals surface area (Å²) in [6.45, 7) is 5.58. The molecule has 3 heterocycles. The Bertz CT molecular complexity index is 744. The number of aryl methyl sites for hydroxylation is 2. The van der Waals surface area contributed by atoms with Crippen molar-refractivity contribution in [3.8, 4) is 11.4 Å². The van der Waals surface area contributed by atoms with E-state index in [1.165, 1.54) is 5.56 Å². The van der Waals surface area contributed by atoms with Gasteiger partial charge in [-0.2, -0.15) is 10.1 Å². The summed E-state index contributed by atoms with van der Waals surface area (Å²) in [5.41, 5.74) is 4.33. The van der Waals surface area contributed by atoms with Gasteiger partial charge in [0, 0.05) is 30.2 Å². The van der Waals surface area contributed by atoms with Crippen LogP contribution in [0.3, 0.4) is 0 Å².